The Morgan fingerprint density at radius 1 is 0.565 bits per heavy atom. The second-order valence-electron chi connectivity index (χ2n) is 7.95. The third-order valence-corrected chi connectivity index (χ3v) is 4.34. The van der Waals surface area contributed by atoms with E-state index >= 15 is 0 Å². The maximum atomic E-state index is 2.42. The highest BCUT2D eigenvalue weighted by Gasteiger charge is 2.04. The molecule has 0 unspecified atom stereocenters. The van der Waals surface area contributed by atoms with Crippen molar-refractivity contribution in [1.29, 1.82) is 0 Å². The van der Waals surface area contributed by atoms with Crippen molar-refractivity contribution >= 4 is 0 Å². The van der Waals surface area contributed by atoms with Crippen LogP contribution in [0.1, 0.15) is 96.8 Å². The van der Waals surface area contributed by atoms with Crippen LogP contribution in [0.4, 0.5) is 0 Å². The van der Waals surface area contributed by atoms with E-state index in [4.69, 9.17) is 0 Å². The van der Waals surface area contributed by atoms with Gasteiger partial charge < -0.3 is 9.96 Å². The number of hydrogen-bond acceptors (Lipinski definition) is 1. The van der Waals surface area contributed by atoms with E-state index in [9.17, 15) is 0 Å². The zero-order chi connectivity index (χ0) is 16.5. The summed E-state index contributed by atoms with van der Waals surface area (Å²) in [6.07, 6.45) is 24.4. The molecule has 0 saturated carbocycles. The first-order chi connectivity index (χ1) is 10.6. The van der Waals surface area contributed by atoms with Gasteiger partial charge in [-0.1, -0.05) is 70.4 Å². The second-order valence-corrected chi connectivity index (χ2v) is 7.95. The molecule has 0 aromatic rings. The molecule has 2 nitrogen and oxygen atoms in total. The Morgan fingerprint density at radius 3 is 1.39 bits per heavy atom. The smallest absolute Gasteiger partial charge is 0.0780 e. The van der Waals surface area contributed by atoms with E-state index in [1.165, 1.54) is 96.4 Å². The predicted octanol–water partition coefficient (Wildman–Crippen LogP) is 6.55. The molecule has 0 saturated heterocycles. The van der Waals surface area contributed by atoms with Gasteiger partial charge in [-0.25, -0.2) is 0 Å². The van der Waals surface area contributed by atoms with E-state index in [0.29, 0.717) is 0 Å². The van der Waals surface area contributed by atoms with Gasteiger partial charge in [0, 0.05) is 0 Å². The fraction of sp³-hybridized carbons (Fsp3) is 0.905. The molecule has 23 heavy (non-hydrogen) atoms. The highest BCUT2D eigenvalue weighted by molar-refractivity contribution is 4.81. The van der Waals surface area contributed by atoms with Gasteiger partial charge in [-0.2, -0.15) is 0 Å². The van der Waals surface area contributed by atoms with E-state index in [2.05, 4.69) is 40.2 Å². The lowest BCUT2D eigenvalue weighted by Crippen LogP contribution is -2.35. The second kappa shape index (κ2) is 18.0. The molecule has 0 spiro atoms. The average Bonchev–Trinajstić information content (AvgIpc) is 2.45. The molecule has 0 rings (SSSR count). The van der Waals surface area contributed by atoms with Gasteiger partial charge in [0.25, 0.3) is 0 Å². The minimum absolute atomic E-state index is 0. The van der Waals surface area contributed by atoms with E-state index in [1.807, 2.05) is 0 Å². The average molecular weight is 328 g/mol. The predicted molar refractivity (Wildman–Crippen MR) is 104 cm³/mol. The van der Waals surface area contributed by atoms with E-state index < -0.39 is 0 Å². The monoisotopic (exact) mass is 327 g/mol. The fourth-order valence-electron chi connectivity index (χ4n) is 2.83. The number of hydrogen-bond donors (Lipinski definition) is 0. The lowest BCUT2D eigenvalue weighted by atomic mass is 10.1. The lowest BCUT2D eigenvalue weighted by Gasteiger charge is -2.23. The minimum atomic E-state index is 0. The third-order valence-electron chi connectivity index (χ3n) is 4.34. The fourth-order valence-corrected chi connectivity index (χ4v) is 2.83. The van der Waals surface area contributed by atoms with Crippen molar-refractivity contribution in [2.24, 2.45) is 0 Å². The topological polar surface area (TPSA) is 30.0 Å². The summed E-state index contributed by atoms with van der Waals surface area (Å²) in [5.74, 6) is 0. The molecule has 0 aliphatic rings. The van der Waals surface area contributed by atoms with Gasteiger partial charge in [-0.05, 0) is 38.5 Å². The minimum Gasteiger partial charge on any atom is -0.870 e. The summed E-state index contributed by atoms with van der Waals surface area (Å²) >= 11 is 0. The zero-order valence-electron chi connectivity index (χ0n) is 16.7. The lowest BCUT2D eigenvalue weighted by molar-refractivity contribution is -0.870. The van der Waals surface area contributed by atoms with Gasteiger partial charge in [-0.15, -0.1) is 0 Å². The molecule has 140 valence electrons. The summed E-state index contributed by atoms with van der Waals surface area (Å²) in [4.78, 5) is 0. The van der Waals surface area contributed by atoms with Gasteiger partial charge in [0.1, 0.15) is 0 Å². The SMILES string of the molecule is CCCCCCCCC=CCCCCCCCC[N+](C)(C)C.[OH-]. The molecule has 0 aromatic carbocycles. The van der Waals surface area contributed by atoms with E-state index in [-0.39, 0.29) is 5.48 Å². The van der Waals surface area contributed by atoms with Gasteiger partial charge >= 0.3 is 0 Å². The summed E-state index contributed by atoms with van der Waals surface area (Å²) in [6.45, 7) is 3.61. The molecule has 1 N–H and O–H groups in total. The van der Waals surface area contributed by atoms with Crippen LogP contribution >= 0.6 is 0 Å². The van der Waals surface area contributed by atoms with Gasteiger partial charge in [0.05, 0.1) is 27.7 Å². The van der Waals surface area contributed by atoms with Gasteiger partial charge in [-0.3, -0.25) is 0 Å². The molecule has 0 atom stereocenters. The Bertz CT molecular complexity index is 243. The van der Waals surface area contributed by atoms with E-state index in [1.54, 1.807) is 0 Å². The van der Waals surface area contributed by atoms with Crippen LogP contribution in [0.25, 0.3) is 0 Å². The highest BCUT2D eigenvalue weighted by atomic mass is 16.0. The molecular formula is C21H45NO. The van der Waals surface area contributed by atoms with Crippen molar-refractivity contribution in [2.45, 2.75) is 96.8 Å². The maximum absolute atomic E-state index is 2.42. The molecule has 0 radical (unpaired) electrons. The van der Waals surface area contributed by atoms with Crippen molar-refractivity contribution in [3.8, 4) is 0 Å². The molecule has 2 heteroatoms. The number of quaternary nitrogens is 1. The number of rotatable bonds is 16. The standard InChI is InChI=1S/C21H44N.H2O/c1-5-6-7-8-9-10-11-12-13-14-15-16-17-18-19-20-21-22(2,3)4;/h12-13H,5-11,14-21H2,1-4H3;1H2/q+1;/p-1. The Balaban J connectivity index is 0. The first kappa shape index (κ1) is 24.9. The molecule has 0 aliphatic heterocycles. The summed E-state index contributed by atoms with van der Waals surface area (Å²) in [7, 11) is 6.87. The van der Waals surface area contributed by atoms with Crippen LogP contribution in [0.3, 0.4) is 0 Å². The van der Waals surface area contributed by atoms with E-state index in [0.717, 1.165) is 4.48 Å². The molecule has 0 heterocycles. The summed E-state index contributed by atoms with van der Waals surface area (Å²) in [5.41, 5.74) is 0. The number of allylic oxidation sites excluding steroid dienone is 2. The van der Waals surface area contributed by atoms with Gasteiger partial charge in [0.2, 0.25) is 0 Å². The first-order valence-electron chi connectivity index (χ1n) is 10.0. The normalized spacial score (nSPS) is 11.8. The Kier molecular flexibility index (Phi) is 19.5. The number of unbranched alkanes of at least 4 members (excludes halogenated alkanes) is 12. The van der Waals surface area contributed by atoms with Gasteiger partial charge in [0.15, 0.2) is 0 Å². The van der Waals surface area contributed by atoms with Crippen molar-refractivity contribution < 1.29 is 9.96 Å². The van der Waals surface area contributed by atoms with Crippen molar-refractivity contribution in [2.75, 3.05) is 27.7 Å². The van der Waals surface area contributed by atoms with Crippen molar-refractivity contribution in [1.82, 2.24) is 0 Å². The van der Waals surface area contributed by atoms with Crippen LogP contribution in [0.2, 0.25) is 0 Å². The summed E-state index contributed by atoms with van der Waals surface area (Å²) in [5, 5.41) is 0. The molecule has 0 bridgehead atoms. The number of nitrogens with zero attached hydrogens (tertiary/aromatic N) is 1. The van der Waals surface area contributed by atoms with Crippen LogP contribution in [0, 0.1) is 0 Å². The quantitative estimate of drug-likeness (QED) is 0.179. The Hall–Kier alpha value is -0.340. The Morgan fingerprint density at radius 2 is 0.957 bits per heavy atom. The van der Waals surface area contributed by atoms with Crippen LogP contribution in [-0.2, 0) is 0 Å². The van der Waals surface area contributed by atoms with Crippen molar-refractivity contribution in [3.63, 3.8) is 0 Å². The molecule has 0 amide bonds. The van der Waals surface area contributed by atoms with Crippen LogP contribution in [0.5, 0.6) is 0 Å². The van der Waals surface area contributed by atoms with Crippen molar-refractivity contribution in [3.05, 3.63) is 12.2 Å². The van der Waals surface area contributed by atoms with Crippen LogP contribution in [0.15, 0.2) is 12.2 Å². The maximum Gasteiger partial charge on any atom is 0.0780 e. The van der Waals surface area contributed by atoms with Crippen LogP contribution < -0.4 is 0 Å². The summed E-state index contributed by atoms with van der Waals surface area (Å²) in [6, 6.07) is 0. The summed E-state index contributed by atoms with van der Waals surface area (Å²) < 4.78 is 1.11. The molecular weight excluding hydrogens is 282 g/mol. The Labute approximate surface area is 147 Å². The zero-order valence-corrected chi connectivity index (χ0v) is 16.7. The first-order valence-corrected chi connectivity index (χ1v) is 10.0. The van der Waals surface area contributed by atoms with Crippen LogP contribution in [-0.4, -0.2) is 37.6 Å². The third kappa shape index (κ3) is 24.0. The molecule has 0 aromatic heterocycles. The highest BCUT2D eigenvalue weighted by Crippen LogP contribution is 2.10. The largest absolute Gasteiger partial charge is 0.870 e. The molecule has 0 fully saturated rings. The molecule has 0 aliphatic carbocycles.